The first kappa shape index (κ1) is 16.9. The quantitative estimate of drug-likeness (QED) is 0.720. The number of carbonyl (C=O) groups is 1. The van der Waals surface area contributed by atoms with Gasteiger partial charge in [0.05, 0.1) is 11.3 Å². The van der Waals surface area contributed by atoms with Crippen molar-refractivity contribution in [2.24, 2.45) is 0 Å². The fourth-order valence-corrected chi connectivity index (χ4v) is 5.05. The van der Waals surface area contributed by atoms with Gasteiger partial charge in [-0.25, -0.2) is 14.5 Å². The summed E-state index contributed by atoms with van der Waals surface area (Å²) in [4.78, 5) is 39.9. The number of amides is 1. The largest absolute Gasteiger partial charge is 0.338 e. The Hall–Kier alpha value is -3.03. The molecule has 4 heterocycles. The van der Waals surface area contributed by atoms with Crippen molar-refractivity contribution in [3.8, 4) is 0 Å². The summed E-state index contributed by atoms with van der Waals surface area (Å²) in [5.41, 5.74) is 2.93. The van der Waals surface area contributed by atoms with Crippen LogP contribution in [0.1, 0.15) is 65.5 Å². The van der Waals surface area contributed by atoms with Gasteiger partial charge >= 0.3 is 0 Å². The molecule has 1 unspecified atom stereocenters. The molecule has 29 heavy (non-hydrogen) atoms. The highest BCUT2D eigenvalue weighted by Gasteiger charge is 2.46. The maximum Gasteiger partial charge on any atom is 0.255 e. The van der Waals surface area contributed by atoms with Crippen LogP contribution in [0.3, 0.4) is 0 Å². The summed E-state index contributed by atoms with van der Waals surface area (Å²) >= 11 is 0. The lowest BCUT2D eigenvalue weighted by Gasteiger charge is -2.40. The number of nitrogens with one attached hydrogen (secondary N) is 1. The van der Waals surface area contributed by atoms with E-state index in [1.807, 2.05) is 17.0 Å². The molecule has 1 aliphatic heterocycles. The molecule has 1 saturated carbocycles. The van der Waals surface area contributed by atoms with Crippen molar-refractivity contribution in [3.05, 3.63) is 57.7 Å². The highest BCUT2D eigenvalue weighted by atomic mass is 16.2. The molecule has 8 nitrogen and oxygen atoms in total. The van der Waals surface area contributed by atoms with E-state index in [2.05, 4.69) is 15.1 Å². The standard InChI is InChI=1S/C21H22N6O2/c28-19-15-6-8-21(17(15)24-18(25-19)13-2-3-13)7-1-9-26(11-21)20(29)14-4-5-16-22-12-23-27(16)10-14/h4-5,10,12-13H,1-3,6-9,11H2,(H,24,25,28). The number of piperidine rings is 1. The predicted molar refractivity (Wildman–Crippen MR) is 105 cm³/mol. The third-order valence-corrected chi connectivity index (χ3v) is 6.74. The van der Waals surface area contributed by atoms with Crippen LogP contribution < -0.4 is 5.56 Å². The van der Waals surface area contributed by atoms with Gasteiger partial charge < -0.3 is 9.88 Å². The number of aromatic amines is 1. The van der Waals surface area contributed by atoms with E-state index in [0.717, 1.165) is 67.8 Å². The van der Waals surface area contributed by atoms with Gasteiger partial charge in [-0.2, -0.15) is 5.10 Å². The zero-order valence-corrected chi connectivity index (χ0v) is 16.1. The van der Waals surface area contributed by atoms with Crippen LogP contribution in [0.15, 0.2) is 29.5 Å². The third-order valence-electron chi connectivity index (χ3n) is 6.74. The SMILES string of the molecule is O=C(c1ccc2ncnn2c1)N1CCCC2(CCc3c2nc(C2CC2)[nH]c3=O)C1. The van der Waals surface area contributed by atoms with Gasteiger partial charge in [-0.05, 0) is 50.7 Å². The third kappa shape index (κ3) is 2.62. The summed E-state index contributed by atoms with van der Waals surface area (Å²) in [6.07, 6.45) is 8.96. The van der Waals surface area contributed by atoms with Crippen LogP contribution in [0.4, 0.5) is 0 Å². The number of hydrogen-bond acceptors (Lipinski definition) is 5. The summed E-state index contributed by atoms with van der Waals surface area (Å²) in [6, 6.07) is 3.62. The van der Waals surface area contributed by atoms with Crippen molar-refractivity contribution < 1.29 is 4.79 Å². The molecule has 2 fully saturated rings. The van der Waals surface area contributed by atoms with Crippen LogP contribution in [0.25, 0.3) is 5.65 Å². The minimum absolute atomic E-state index is 0.00202. The van der Waals surface area contributed by atoms with Gasteiger partial charge in [0.15, 0.2) is 5.65 Å². The number of pyridine rings is 1. The van der Waals surface area contributed by atoms with Crippen molar-refractivity contribution in [1.29, 1.82) is 0 Å². The van der Waals surface area contributed by atoms with Crippen LogP contribution >= 0.6 is 0 Å². The maximum absolute atomic E-state index is 13.2. The molecule has 1 N–H and O–H groups in total. The highest BCUT2D eigenvalue weighted by Crippen LogP contribution is 2.45. The molecule has 0 aromatic carbocycles. The van der Waals surface area contributed by atoms with E-state index in [4.69, 9.17) is 4.98 Å². The number of likely N-dealkylation sites (tertiary alicyclic amines) is 1. The minimum Gasteiger partial charge on any atom is -0.338 e. The first-order chi connectivity index (χ1) is 14.1. The molecule has 6 rings (SSSR count). The Morgan fingerprint density at radius 3 is 3.00 bits per heavy atom. The van der Waals surface area contributed by atoms with Gasteiger partial charge in [0, 0.05) is 36.2 Å². The molecule has 3 aromatic heterocycles. The number of hydrogen-bond donors (Lipinski definition) is 1. The topological polar surface area (TPSA) is 96.2 Å². The molecule has 3 aromatic rings. The van der Waals surface area contributed by atoms with Gasteiger partial charge in [-0.15, -0.1) is 0 Å². The molecule has 1 amide bonds. The number of carbonyl (C=O) groups excluding carboxylic acids is 1. The van der Waals surface area contributed by atoms with E-state index in [-0.39, 0.29) is 16.9 Å². The molecule has 0 radical (unpaired) electrons. The van der Waals surface area contributed by atoms with Crippen LogP contribution in [-0.4, -0.2) is 48.5 Å². The van der Waals surface area contributed by atoms with E-state index >= 15 is 0 Å². The first-order valence-electron chi connectivity index (χ1n) is 10.4. The van der Waals surface area contributed by atoms with Crippen LogP contribution in [0.2, 0.25) is 0 Å². The number of rotatable bonds is 2. The molecular weight excluding hydrogens is 368 g/mol. The van der Waals surface area contributed by atoms with Crippen LogP contribution in [0.5, 0.6) is 0 Å². The van der Waals surface area contributed by atoms with Gasteiger partial charge in [0.25, 0.3) is 11.5 Å². The van der Waals surface area contributed by atoms with Gasteiger partial charge in [-0.1, -0.05) is 0 Å². The number of nitrogens with zero attached hydrogens (tertiary/aromatic N) is 5. The van der Waals surface area contributed by atoms with E-state index in [9.17, 15) is 9.59 Å². The van der Waals surface area contributed by atoms with E-state index in [0.29, 0.717) is 18.0 Å². The summed E-state index contributed by atoms with van der Waals surface area (Å²) in [7, 11) is 0. The van der Waals surface area contributed by atoms with E-state index in [1.165, 1.54) is 6.33 Å². The van der Waals surface area contributed by atoms with Crippen molar-refractivity contribution in [1.82, 2.24) is 29.5 Å². The second-order valence-electron chi connectivity index (χ2n) is 8.64. The average Bonchev–Trinajstić information content (AvgIpc) is 3.39. The smallest absolute Gasteiger partial charge is 0.255 e. The van der Waals surface area contributed by atoms with Crippen molar-refractivity contribution >= 4 is 11.6 Å². The van der Waals surface area contributed by atoms with Gasteiger partial charge in [-0.3, -0.25) is 9.59 Å². The predicted octanol–water partition coefficient (Wildman–Crippen LogP) is 1.81. The fraction of sp³-hybridized carbons (Fsp3) is 0.476. The normalized spacial score (nSPS) is 23.7. The number of aromatic nitrogens is 5. The first-order valence-corrected chi connectivity index (χ1v) is 10.4. The Labute approximate surface area is 167 Å². The number of fused-ring (bicyclic) bond motifs is 3. The minimum atomic E-state index is -0.196. The highest BCUT2D eigenvalue weighted by molar-refractivity contribution is 5.94. The molecular formula is C21H22N6O2. The van der Waals surface area contributed by atoms with Crippen LogP contribution in [-0.2, 0) is 11.8 Å². The van der Waals surface area contributed by atoms with Gasteiger partial charge in [0.1, 0.15) is 12.2 Å². The molecule has 8 heteroatoms. The molecule has 1 atom stereocenters. The van der Waals surface area contributed by atoms with Crippen LogP contribution in [0, 0.1) is 0 Å². The monoisotopic (exact) mass is 390 g/mol. The second kappa shape index (κ2) is 5.98. The average molecular weight is 390 g/mol. The summed E-state index contributed by atoms with van der Waals surface area (Å²) in [6.45, 7) is 1.35. The maximum atomic E-state index is 13.2. The molecule has 3 aliphatic rings. The molecule has 2 aliphatic carbocycles. The summed E-state index contributed by atoms with van der Waals surface area (Å²) in [5.74, 6) is 1.25. The van der Waals surface area contributed by atoms with E-state index < -0.39 is 0 Å². The molecule has 1 spiro atoms. The Morgan fingerprint density at radius 1 is 1.24 bits per heavy atom. The lowest BCUT2D eigenvalue weighted by Crippen LogP contribution is -2.48. The van der Waals surface area contributed by atoms with E-state index in [1.54, 1.807) is 10.7 Å². The van der Waals surface area contributed by atoms with Crippen molar-refractivity contribution in [2.75, 3.05) is 13.1 Å². The lowest BCUT2D eigenvalue weighted by molar-refractivity contribution is 0.0632. The Balaban J connectivity index is 1.34. The molecule has 148 valence electrons. The Kier molecular flexibility index (Phi) is 3.48. The lowest BCUT2D eigenvalue weighted by atomic mass is 9.77. The van der Waals surface area contributed by atoms with Crippen molar-refractivity contribution in [2.45, 2.75) is 49.9 Å². The van der Waals surface area contributed by atoms with Crippen molar-refractivity contribution in [3.63, 3.8) is 0 Å². The zero-order valence-electron chi connectivity index (χ0n) is 16.1. The summed E-state index contributed by atoms with van der Waals surface area (Å²) < 4.78 is 1.63. The zero-order chi connectivity index (χ0) is 19.6. The molecule has 0 bridgehead atoms. The second-order valence-corrected chi connectivity index (χ2v) is 8.64. The summed E-state index contributed by atoms with van der Waals surface area (Å²) in [5, 5.41) is 4.14. The number of H-pyrrole nitrogens is 1. The Bertz CT molecular complexity index is 1190. The Morgan fingerprint density at radius 2 is 2.14 bits per heavy atom. The fourth-order valence-electron chi connectivity index (χ4n) is 5.05. The van der Waals surface area contributed by atoms with Gasteiger partial charge in [0.2, 0.25) is 0 Å². The molecule has 1 saturated heterocycles.